The first-order valence-electron chi connectivity index (χ1n) is 5.24. The predicted octanol–water partition coefficient (Wildman–Crippen LogP) is 5.53. The molecule has 0 aliphatic heterocycles. The molecule has 84 valence electrons. The fourth-order valence-corrected chi connectivity index (χ4v) is 2.33. The molecule has 3 heteroatoms. The van der Waals surface area contributed by atoms with E-state index < -0.39 is 0 Å². The Morgan fingerprint density at radius 2 is 1.67 bits per heavy atom. The second kappa shape index (κ2) is 7.75. The molecule has 0 atom stereocenters. The minimum Gasteiger partial charge on any atom is -0.0864 e. The van der Waals surface area contributed by atoms with Crippen molar-refractivity contribution < 1.29 is 0 Å². The maximum Gasteiger partial charge on any atom is 0.0595 e. The Balaban J connectivity index is 2.28. The fourth-order valence-electron chi connectivity index (χ4n) is 1.47. The Bertz CT molecular complexity index is 300. The van der Waals surface area contributed by atoms with Crippen LogP contribution in [0.2, 0.25) is 10.0 Å². The fraction of sp³-hybridized carbons (Fsp3) is 0.500. The van der Waals surface area contributed by atoms with Gasteiger partial charge < -0.3 is 0 Å². The summed E-state index contributed by atoms with van der Waals surface area (Å²) in [6.45, 7) is 0. The molecule has 0 radical (unpaired) electrons. The summed E-state index contributed by atoms with van der Waals surface area (Å²) in [6, 6.07) is 5.92. The molecule has 1 aromatic rings. The third kappa shape index (κ3) is 5.41. The highest BCUT2D eigenvalue weighted by Gasteiger charge is 1.99. The second-order valence-corrected chi connectivity index (χ2v) is 5.49. The van der Waals surface area contributed by atoms with E-state index in [1.165, 1.54) is 35.7 Å². The van der Waals surface area contributed by atoms with Crippen molar-refractivity contribution in [3.8, 4) is 0 Å². The molecule has 0 N–H and O–H groups in total. The minimum atomic E-state index is 0.644. The van der Waals surface area contributed by atoms with Gasteiger partial charge in [0.15, 0.2) is 0 Å². The van der Waals surface area contributed by atoms with E-state index in [4.69, 9.17) is 23.2 Å². The Morgan fingerprint density at radius 1 is 0.933 bits per heavy atom. The Labute approximate surface area is 115 Å². The lowest BCUT2D eigenvalue weighted by atomic mass is 10.1. The van der Waals surface area contributed by atoms with Gasteiger partial charge >= 0.3 is 0 Å². The molecule has 0 spiro atoms. The third-order valence-electron chi connectivity index (χ3n) is 2.33. The number of halogens is 3. The number of rotatable bonds is 6. The number of benzene rings is 1. The third-order valence-corrected chi connectivity index (χ3v) is 3.83. The Hall–Kier alpha value is 0.530. The quantitative estimate of drug-likeness (QED) is 0.357. The number of alkyl halides is 1. The van der Waals surface area contributed by atoms with E-state index in [1.54, 1.807) is 0 Å². The van der Waals surface area contributed by atoms with Gasteiger partial charge in [0.1, 0.15) is 0 Å². The van der Waals surface area contributed by atoms with E-state index in [1.807, 2.05) is 12.1 Å². The van der Waals surface area contributed by atoms with Gasteiger partial charge in [0, 0.05) is 0 Å². The van der Waals surface area contributed by atoms with Crippen molar-refractivity contribution in [2.45, 2.75) is 32.1 Å². The molecule has 1 aromatic carbocycles. The molecule has 0 bridgehead atoms. The molecule has 1 rings (SSSR count). The van der Waals surface area contributed by atoms with Crippen LogP contribution in [0, 0.1) is 0 Å². The first-order valence-corrected chi connectivity index (χ1v) is 7.52. The lowest BCUT2D eigenvalue weighted by Gasteiger charge is -2.03. The van der Waals surface area contributed by atoms with Crippen LogP contribution in [0.3, 0.4) is 0 Å². The summed E-state index contributed by atoms with van der Waals surface area (Å²) in [4.78, 5) is 0. The van der Waals surface area contributed by atoms with Crippen LogP contribution >= 0.6 is 45.8 Å². The lowest BCUT2D eigenvalue weighted by Crippen LogP contribution is -1.86. The van der Waals surface area contributed by atoms with Gasteiger partial charge in [-0.25, -0.2) is 0 Å². The number of unbranched alkanes of at least 4 members (excludes halogenated alkanes) is 3. The van der Waals surface area contributed by atoms with Crippen molar-refractivity contribution in [1.29, 1.82) is 0 Å². The van der Waals surface area contributed by atoms with E-state index in [0.29, 0.717) is 10.0 Å². The van der Waals surface area contributed by atoms with Gasteiger partial charge in [-0.1, -0.05) is 64.7 Å². The van der Waals surface area contributed by atoms with Crippen LogP contribution < -0.4 is 0 Å². The normalized spacial score (nSPS) is 10.6. The molecule has 0 amide bonds. The van der Waals surface area contributed by atoms with Crippen molar-refractivity contribution in [3.05, 3.63) is 33.8 Å². The zero-order valence-corrected chi connectivity index (χ0v) is 12.3. The average molecular weight is 357 g/mol. The summed E-state index contributed by atoms with van der Waals surface area (Å²) in [6.07, 6.45) is 6.34. The van der Waals surface area contributed by atoms with Crippen molar-refractivity contribution in [2.75, 3.05) is 4.43 Å². The smallest absolute Gasteiger partial charge is 0.0595 e. The van der Waals surface area contributed by atoms with Crippen LogP contribution in [-0.4, -0.2) is 4.43 Å². The molecule has 15 heavy (non-hydrogen) atoms. The van der Waals surface area contributed by atoms with Gasteiger partial charge in [-0.2, -0.15) is 0 Å². The average Bonchev–Trinajstić information content (AvgIpc) is 2.23. The van der Waals surface area contributed by atoms with Gasteiger partial charge in [0.25, 0.3) is 0 Å². The van der Waals surface area contributed by atoms with Gasteiger partial charge in [0.05, 0.1) is 10.0 Å². The molecule has 0 aromatic heterocycles. The Morgan fingerprint density at radius 3 is 2.33 bits per heavy atom. The number of hydrogen-bond acceptors (Lipinski definition) is 0. The topological polar surface area (TPSA) is 0 Å². The highest BCUT2D eigenvalue weighted by molar-refractivity contribution is 14.1. The molecular formula is C12H15Cl2I. The lowest BCUT2D eigenvalue weighted by molar-refractivity contribution is 0.673. The van der Waals surface area contributed by atoms with Gasteiger partial charge in [-0.15, -0.1) is 0 Å². The van der Waals surface area contributed by atoms with Gasteiger partial charge in [-0.3, -0.25) is 0 Å². The van der Waals surface area contributed by atoms with E-state index >= 15 is 0 Å². The van der Waals surface area contributed by atoms with Crippen LogP contribution in [0.15, 0.2) is 18.2 Å². The maximum atomic E-state index is 5.94. The summed E-state index contributed by atoms with van der Waals surface area (Å²) < 4.78 is 1.27. The molecule has 0 nitrogen and oxygen atoms in total. The molecule has 0 fully saturated rings. The zero-order valence-electron chi connectivity index (χ0n) is 8.61. The highest BCUT2D eigenvalue weighted by atomic mass is 127. The Kier molecular flexibility index (Phi) is 7.02. The van der Waals surface area contributed by atoms with Crippen molar-refractivity contribution in [3.63, 3.8) is 0 Å². The van der Waals surface area contributed by atoms with Crippen LogP contribution in [0.5, 0.6) is 0 Å². The van der Waals surface area contributed by atoms with Gasteiger partial charge in [0.2, 0.25) is 0 Å². The van der Waals surface area contributed by atoms with Crippen LogP contribution in [0.25, 0.3) is 0 Å². The molecule has 0 saturated carbocycles. The van der Waals surface area contributed by atoms with Crippen molar-refractivity contribution in [2.24, 2.45) is 0 Å². The largest absolute Gasteiger partial charge is 0.0864 e. The first-order chi connectivity index (χ1) is 7.24. The monoisotopic (exact) mass is 356 g/mol. The molecule has 0 aliphatic carbocycles. The van der Waals surface area contributed by atoms with Crippen LogP contribution in [-0.2, 0) is 6.42 Å². The molecule has 0 saturated heterocycles. The van der Waals surface area contributed by atoms with E-state index in [2.05, 4.69) is 28.7 Å². The predicted molar refractivity (Wildman–Crippen MR) is 77.5 cm³/mol. The summed E-state index contributed by atoms with van der Waals surface area (Å²) in [5.74, 6) is 0. The number of hydrogen-bond donors (Lipinski definition) is 0. The summed E-state index contributed by atoms with van der Waals surface area (Å²) in [7, 11) is 0. The maximum absolute atomic E-state index is 5.94. The summed E-state index contributed by atoms with van der Waals surface area (Å²) >= 11 is 14.2. The van der Waals surface area contributed by atoms with Crippen molar-refractivity contribution in [1.82, 2.24) is 0 Å². The summed E-state index contributed by atoms with van der Waals surface area (Å²) in [5.41, 5.74) is 1.29. The number of aryl methyl sites for hydroxylation is 1. The SMILES string of the molecule is Clc1ccc(CCCCCCI)cc1Cl. The summed E-state index contributed by atoms with van der Waals surface area (Å²) in [5, 5.41) is 1.31. The van der Waals surface area contributed by atoms with Gasteiger partial charge in [-0.05, 0) is 41.4 Å². The second-order valence-electron chi connectivity index (χ2n) is 3.60. The molecular weight excluding hydrogens is 342 g/mol. The van der Waals surface area contributed by atoms with E-state index in [-0.39, 0.29) is 0 Å². The van der Waals surface area contributed by atoms with E-state index in [9.17, 15) is 0 Å². The van der Waals surface area contributed by atoms with Crippen LogP contribution in [0.4, 0.5) is 0 Å². The molecule has 0 unspecified atom stereocenters. The first kappa shape index (κ1) is 13.6. The highest BCUT2D eigenvalue weighted by Crippen LogP contribution is 2.23. The van der Waals surface area contributed by atoms with Crippen LogP contribution in [0.1, 0.15) is 31.2 Å². The standard InChI is InChI=1S/C12H15Cl2I/c13-11-7-6-10(9-12(11)14)5-3-1-2-4-8-15/h6-7,9H,1-5,8H2. The molecule has 0 heterocycles. The zero-order chi connectivity index (χ0) is 11.1. The van der Waals surface area contributed by atoms with E-state index in [0.717, 1.165) is 6.42 Å². The molecule has 0 aliphatic rings. The van der Waals surface area contributed by atoms with Crippen molar-refractivity contribution >= 4 is 45.8 Å². The minimum absolute atomic E-state index is 0.644.